The number of methoxy groups -OCH3 is 1. The van der Waals surface area contributed by atoms with Gasteiger partial charge in [-0.1, -0.05) is 6.92 Å². The first-order chi connectivity index (χ1) is 35.4. The van der Waals surface area contributed by atoms with E-state index in [9.17, 15) is 91.6 Å². The van der Waals surface area contributed by atoms with Crippen LogP contribution in [0.5, 0.6) is 34.5 Å². The zero-order valence-electron chi connectivity index (χ0n) is 40.0. The molecule has 0 radical (unpaired) electrons. The zero-order valence-corrected chi connectivity index (χ0v) is 40.0. The second-order valence-corrected chi connectivity index (χ2v) is 19.2. The molecule has 5 fully saturated rings. The Bertz CT molecular complexity index is 2470. The van der Waals surface area contributed by atoms with Crippen molar-refractivity contribution in [3.63, 3.8) is 0 Å². The van der Waals surface area contributed by atoms with Crippen molar-refractivity contribution < 1.29 is 139 Å². The smallest absolute Gasteiger partial charge is 0.239 e. The summed E-state index contributed by atoms with van der Waals surface area (Å²) < 4.78 is 63.3. The molecule has 29 heteroatoms. The Hall–Kier alpha value is -4.39. The Morgan fingerprint density at radius 3 is 1.80 bits per heavy atom. The average molecular weight is 1080 g/mol. The van der Waals surface area contributed by atoms with E-state index in [0.29, 0.717) is 0 Å². The fourth-order valence-corrected chi connectivity index (χ4v) is 9.60. The summed E-state index contributed by atoms with van der Waals surface area (Å²) >= 11 is 0. The van der Waals surface area contributed by atoms with Crippen molar-refractivity contribution in [1.29, 1.82) is 0 Å². The van der Waals surface area contributed by atoms with E-state index >= 15 is 0 Å². The van der Waals surface area contributed by atoms with Crippen molar-refractivity contribution in [1.82, 2.24) is 0 Å². The van der Waals surface area contributed by atoms with Crippen LogP contribution in [-0.2, 0) is 37.9 Å². The van der Waals surface area contributed by atoms with Gasteiger partial charge in [-0.15, -0.1) is 0 Å². The van der Waals surface area contributed by atoms with Gasteiger partial charge < -0.3 is 139 Å². The van der Waals surface area contributed by atoms with Crippen LogP contribution in [0.25, 0.3) is 22.3 Å². The second-order valence-electron chi connectivity index (χ2n) is 19.2. The monoisotopic (exact) mass is 1080 g/mol. The van der Waals surface area contributed by atoms with Gasteiger partial charge in [-0.25, -0.2) is 0 Å². The maximum Gasteiger partial charge on any atom is 0.239 e. The molecule has 0 bridgehead atoms. The summed E-state index contributed by atoms with van der Waals surface area (Å²) in [6.07, 6.45) is -40.1. The number of ether oxygens (including phenoxy) is 10. The van der Waals surface area contributed by atoms with Gasteiger partial charge in [-0.3, -0.25) is 4.79 Å². The Balaban J connectivity index is 1.10. The molecule has 3 aromatic rings. The van der Waals surface area contributed by atoms with Crippen LogP contribution >= 0.6 is 0 Å². The number of hydrogen-bond donors (Lipinski definition) is 17. The molecule has 2 aromatic carbocycles. The minimum atomic E-state index is -2.08. The van der Waals surface area contributed by atoms with Gasteiger partial charge in [-0.2, -0.15) is 0 Å². The van der Waals surface area contributed by atoms with Crippen molar-refractivity contribution in [2.75, 3.05) is 26.9 Å². The Morgan fingerprint density at radius 2 is 1.13 bits per heavy atom. The summed E-state index contributed by atoms with van der Waals surface area (Å²) in [4.78, 5) is 14.5. The van der Waals surface area contributed by atoms with Crippen LogP contribution in [0, 0.1) is 5.92 Å². The summed E-state index contributed by atoms with van der Waals surface area (Å²) in [5.74, 6) is -6.18. The fraction of sp³-hybridized carbons (Fsp3) is 0.674. The highest BCUT2D eigenvalue weighted by Crippen LogP contribution is 2.45. The van der Waals surface area contributed by atoms with Gasteiger partial charge in [-0.05, 0) is 31.4 Å². The largest absolute Gasteiger partial charge is 0.508 e. The molecule has 8 rings (SSSR count). The third-order valence-corrected chi connectivity index (χ3v) is 13.9. The van der Waals surface area contributed by atoms with E-state index in [2.05, 4.69) is 0 Å². The third kappa shape index (κ3) is 11.1. The molecule has 0 spiro atoms. The standard InChI is InChI=1S/C46H62O29/c1-12-4-20(27(54)32(59)25(12)52)68-23-11-66-43(36(63)30(23)57)72-39-17(50)5-14(6-18(39)51)38-40(31(58)24-16(49)7-15(48)8-19(24)69-38)73-45-41(34(61)26(53)13(2)67-45)75-46-42(35(62)29(56)22(71-46)10-65-3)74-44-37(64)33(60)28(55)21(9-47)70-44/h5-8,12-13,20-23,25-30,32-37,41-57,59-64H,4,9-11H2,1-3H3/t12-,13+,20-,21-,22-,23-,25+,26+,27?,28-,29-,30+,32-,33+,34-,35+,36-,37-,41-,42-,43+,44+,45+,46+/m1/s1. The third-order valence-electron chi connectivity index (χ3n) is 13.9. The highest BCUT2D eigenvalue weighted by atomic mass is 16.8. The molecule has 29 nitrogen and oxygen atoms in total. The van der Waals surface area contributed by atoms with Crippen LogP contribution in [0.3, 0.4) is 0 Å². The lowest BCUT2D eigenvalue weighted by Crippen LogP contribution is -2.67. The van der Waals surface area contributed by atoms with Gasteiger partial charge in [0.25, 0.3) is 0 Å². The molecular weight excluding hydrogens is 1020 g/mol. The van der Waals surface area contributed by atoms with Crippen molar-refractivity contribution in [2.45, 2.75) is 161 Å². The number of phenols is 4. The molecule has 17 N–H and O–H groups in total. The van der Waals surface area contributed by atoms with Crippen LogP contribution < -0.4 is 14.9 Å². The van der Waals surface area contributed by atoms with Gasteiger partial charge in [0, 0.05) is 24.8 Å². The molecule has 1 aromatic heterocycles. The normalized spacial score (nSPS) is 41.6. The van der Waals surface area contributed by atoms with Crippen LogP contribution in [0.1, 0.15) is 20.3 Å². The number of aliphatic hydroxyl groups excluding tert-OH is 13. The molecule has 4 saturated heterocycles. The van der Waals surface area contributed by atoms with E-state index in [1.54, 1.807) is 6.92 Å². The Morgan fingerprint density at radius 1 is 0.560 bits per heavy atom. The molecule has 4 aliphatic heterocycles. The molecule has 1 unspecified atom stereocenters. The van der Waals surface area contributed by atoms with Gasteiger partial charge in [0.2, 0.25) is 29.5 Å². The summed E-state index contributed by atoms with van der Waals surface area (Å²) in [7, 11) is 1.22. The van der Waals surface area contributed by atoms with E-state index in [0.717, 1.165) is 24.3 Å². The first kappa shape index (κ1) is 56.8. The van der Waals surface area contributed by atoms with Gasteiger partial charge in [0.05, 0.1) is 38.1 Å². The molecule has 420 valence electrons. The van der Waals surface area contributed by atoms with Crippen LogP contribution in [0.4, 0.5) is 0 Å². The van der Waals surface area contributed by atoms with Crippen molar-refractivity contribution in [3.8, 4) is 45.8 Å². The van der Waals surface area contributed by atoms with Crippen molar-refractivity contribution >= 4 is 11.0 Å². The van der Waals surface area contributed by atoms with Crippen molar-refractivity contribution in [3.05, 3.63) is 34.5 Å². The lowest BCUT2D eigenvalue weighted by Gasteiger charge is -2.48. The van der Waals surface area contributed by atoms with E-state index in [1.165, 1.54) is 14.0 Å². The molecule has 5 aliphatic rings. The molecule has 75 heavy (non-hydrogen) atoms. The maximum atomic E-state index is 14.5. The quantitative estimate of drug-likeness (QED) is 0.0715. The first-order valence-electron chi connectivity index (χ1n) is 23.7. The predicted octanol–water partition coefficient (Wildman–Crippen LogP) is -5.88. The SMILES string of the molecule is COC[C@H]1O[C@@H](O[C@H]2[C@H](Oc3c(-c4cc(O)c(O[C@@H]5OC[C@@H](O[C@@H]6C[C@@H](C)[C@H](O)[C@@H](O)C6O)[C@H](O)[C@H]5O)c(O)c4)oc4cc(O)cc(O)c4c3=O)O[C@@H](C)[C@H](O)[C@H]2O)[C@H](O[C@@H]2O[C@H](CO)[C@@H](O)[C@H](O)[C@H]2O)[C@@H](O)[C@@H]1O. The van der Waals surface area contributed by atoms with Crippen molar-refractivity contribution in [2.24, 2.45) is 5.92 Å². The molecule has 0 amide bonds. The lowest BCUT2D eigenvalue weighted by atomic mass is 9.81. The number of aromatic hydroxyl groups is 4. The van der Waals surface area contributed by atoms with Gasteiger partial charge in [0.15, 0.2) is 35.9 Å². The van der Waals surface area contributed by atoms with Crippen LogP contribution in [-0.4, -0.2) is 255 Å². The van der Waals surface area contributed by atoms with Gasteiger partial charge in [0.1, 0.15) is 114 Å². The summed E-state index contributed by atoms with van der Waals surface area (Å²) in [6, 6.07) is 3.41. The molecule has 24 atom stereocenters. The van der Waals surface area contributed by atoms with E-state index in [-0.39, 0.29) is 6.42 Å². The summed E-state index contributed by atoms with van der Waals surface area (Å²) in [6.45, 7) is 1.11. The molecule has 1 saturated carbocycles. The predicted molar refractivity (Wildman–Crippen MR) is 240 cm³/mol. The minimum absolute atomic E-state index is 0.0697. The topological polar surface area (TPSA) is 466 Å². The Kier molecular flexibility index (Phi) is 17.3. The molecule has 1 aliphatic carbocycles. The minimum Gasteiger partial charge on any atom is -0.508 e. The zero-order chi connectivity index (χ0) is 54.6. The second kappa shape index (κ2) is 22.9. The number of fused-ring (bicyclic) bond motifs is 1. The van der Waals surface area contributed by atoms with E-state index < -0.39 is 229 Å². The summed E-state index contributed by atoms with van der Waals surface area (Å²) in [5, 5.41) is 183. The van der Waals surface area contributed by atoms with Crippen LogP contribution in [0.15, 0.2) is 33.5 Å². The number of phenolic OH excluding ortho intramolecular Hbond substituents is 4. The first-order valence-corrected chi connectivity index (χ1v) is 23.7. The highest BCUT2D eigenvalue weighted by molar-refractivity contribution is 5.88. The number of hydrogen-bond acceptors (Lipinski definition) is 29. The lowest BCUT2D eigenvalue weighted by molar-refractivity contribution is -0.388. The molecular formula is C46H62O29. The van der Waals surface area contributed by atoms with E-state index in [4.69, 9.17) is 51.8 Å². The highest BCUT2D eigenvalue weighted by Gasteiger charge is 2.55. The number of rotatable bonds is 14. The Labute approximate surface area is 423 Å². The van der Waals surface area contributed by atoms with Gasteiger partial charge >= 0.3 is 0 Å². The summed E-state index contributed by atoms with van der Waals surface area (Å²) in [5.41, 5.74) is -2.13. The van der Waals surface area contributed by atoms with E-state index in [1.807, 2.05) is 0 Å². The van der Waals surface area contributed by atoms with Crippen LogP contribution in [0.2, 0.25) is 0 Å². The number of aliphatic hydroxyl groups is 13. The fourth-order valence-electron chi connectivity index (χ4n) is 9.60. The maximum absolute atomic E-state index is 14.5. The molecule has 5 heterocycles. The number of benzene rings is 2. The average Bonchev–Trinajstić information content (AvgIpc) is 3.37.